The quantitative estimate of drug-likeness (QED) is 0.417. The summed E-state index contributed by atoms with van der Waals surface area (Å²) in [4.78, 5) is 34.7. The molecule has 2 aromatic rings. The molecule has 2 rings (SSSR count). The van der Waals surface area contributed by atoms with Crippen LogP contribution >= 0.6 is 34.4 Å². The maximum atomic E-state index is 11.9. The molecule has 0 aliphatic carbocycles. The van der Waals surface area contributed by atoms with E-state index in [0.29, 0.717) is 22.6 Å². The van der Waals surface area contributed by atoms with E-state index in [2.05, 4.69) is 15.5 Å². The van der Waals surface area contributed by atoms with Crippen LogP contribution in [0, 0.1) is 6.92 Å². The van der Waals surface area contributed by atoms with Crippen LogP contribution in [0.25, 0.3) is 0 Å². The second kappa shape index (κ2) is 8.94. The Morgan fingerprint density at radius 1 is 1.42 bits per heavy atom. The number of carbonyl (C=O) groups is 2. The van der Waals surface area contributed by atoms with Gasteiger partial charge in [-0.2, -0.15) is 0 Å². The molecule has 8 nitrogen and oxygen atoms in total. The minimum atomic E-state index is -0.320. The van der Waals surface area contributed by atoms with E-state index in [4.69, 9.17) is 4.74 Å². The molecule has 0 atom stereocenters. The Morgan fingerprint density at radius 3 is 2.88 bits per heavy atom. The number of carbonyl (C=O) groups excluding carboxylic acids is 2. The molecule has 0 aromatic carbocycles. The Bertz CT molecular complexity index is 767. The van der Waals surface area contributed by atoms with Crippen molar-refractivity contribution in [3.05, 3.63) is 20.7 Å². The molecular weight excluding hydrogens is 372 g/mol. The predicted octanol–water partition coefficient (Wildman–Crippen LogP) is 1.75. The number of thioether (sulfide) groups is 1. The number of thiazole rings is 1. The molecule has 11 heteroatoms. The first-order chi connectivity index (χ1) is 11.5. The number of anilines is 1. The second-order valence-corrected chi connectivity index (χ2v) is 7.58. The average molecular weight is 388 g/mol. The first-order valence-electron chi connectivity index (χ1n) is 7.06. The Labute approximate surface area is 150 Å². The first kappa shape index (κ1) is 18.6. The van der Waals surface area contributed by atoms with Gasteiger partial charge in [-0.25, -0.2) is 0 Å². The van der Waals surface area contributed by atoms with Gasteiger partial charge in [0.25, 0.3) is 0 Å². The van der Waals surface area contributed by atoms with Gasteiger partial charge in [0, 0.05) is 24.0 Å². The monoisotopic (exact) mass is 388 g/mol. The molecule has 0 spiro atoms. The van der Waals surface area contributed by atoms with Gasteiger partial charge in [0.15, 0.2) is 4.34 Å². The van der Waals surface area contributed by atoms with Crippen molar-refractivity contribution in [3.63, 3.8) is 0 Å². The van der Waals surface area contributed by atoms with Gasteiger partial charge in [-0.15, -0.1) is 10.2 Å². The minimum Gasteiger partial charge on any atom is -0.465 e. The zero-order valence-electron chi connectivity index (χ0n) is 13.1. The maximum Gasteiger partial charge on any atom is 0.316 e. The molecule has 1 N–H and O–H groups in total. The first-order valence-corrected chi connectivity index (χ1v) is 9.74. The fraction of sp³-hybridized carbons (Fsp3) is 0.462. The van der Waals surface area contributed by atoms with Crippen LogP contribution in [0.1, 0.15) is 19.0 Å². The number of ether oxygens (including phenoxy) is 1. The van der Waals surface area contributed by atoms with E-state index in [1.807, 2.05) is 6.92 Å². The maximum absolute atomic E-state index is 11.9. The summed E-state index contributed by atoms with van der Waals surface area (Å²) in [5.74, 6) is -0.415. The van der Waals surface area contributed by atoms with Gasteiger partial charge >= 0.3 is 10.8 Å². The minimum absolute atomic E-state index is 0.0751. The lowest BCUT2D eigenvalue weighted by molar-refractivity contribution is -0.139. The highest BCUT2D eigenvalue weighted by Gasteiger charge is 2.12. The van der Waals surface area contributed by atoms with Crippen LogP contribution in [0.15, 0.2) is 14.5 Å². The summed E-state index contributed by atoms with van der Waals surface area (Å²) in [6.45, 7) is 4.23. The largest absolute Gasteiger partial charge is 0.465 e. The molecule has 0 unspecified atom stereocenters. The molecule has 130 valence electrons. The van der Waals surface area contributed by atoms with Crippen molar-refractivity contribution in [3.8, 4) is 0 Å². The normalized spacial score (nSPS) is 10.6. The van der Waals surface area contributed by atoms with E-state index in [0.717, 1.165) is 17.0 Å². The lowest BCUT2D eigenvalue weighted by atomic mass is 10.4. The van der Waals surface area contributed by atoms with Gasteiger partial charge in [0.1, 0.15) is 0 Å². The van der Waals surface area contributed by atoms with Crippen molar-refractivity contribution in [2.75, 3.05) is 17.7 Å². The van der Waals surface area contributed by atoms with Crippen molar-refractivity contribution in [1.29, 1.82) is 0 Å². The smallest absolute Gasteiger partial charge is 0.316 e. The number of hydrogen-bond acceptors (Lipinski definition) is 9. The zero-order chi connectivity index (χ0) is 17.5. The standard InChI is InChI=1S/C13H16N4O4S3/c1-3-21-10(19)7-22-12-16-15-11(24-12)14-9(18)4-5-17-8(2)6-23-13(17)20/h6H,3-5,7H2,1-2H3,(H,14,15,18). The van der Waals surface area contributed by atoms with Gasteiger partial charge in [0.2, 0.25) is 11.0 Å². The summed E-state index contributed by atoms with van der Waals surface area (Å²) in [6, 6.07) is 0. The number of aryl methyl sites for hydroxylation is 1. The topological polar surface area (TPSA) is 103 Å². The van der Waals surface area contributed by atoms with Crippen molar-refractivity contribution in [2.24, 2.45) is 0 Å². The fourth-order valence-corrected chi connectivity index (χ4v) is 4.04. The van der Waals surface area contributed by atoms with Crippen LogP contribution in [-0.4, -0.2) is 39.0 Å². The highest BCUT2D eigenvalue weighted by atomic mass is 32.2. The molecule has 1 amide bonds. The van der Waals surface area contributed by atoms with E-state index < -0.39 is 0 Å². The van der Waals surface area contributed by atoms with Gasteiger partial charge < -0.3 is 14.6 Å². The number of hydrogen-bond donors (Lipinski definition) is 1. The Hall–Kier alpha value is -1.72. The molecule has 0 radical (unpaired) electrons. The van der Waals surface area contributed by atoms with Crippen LogP contribution in [0.5, 0.6) is 0 Å². The molecule has 0 bridgehead atoms. The number of aromatic nitrogens is 3. The molecule has 24 heavy (non-hydrogen) atoms. The fourth-order valence-electron chi connectivity index (χ4n) is 1.71. The lowest BCUT2D eigenvalue weighted by Gasteiger charge is -2.03. The molecule has 0 saturated carbocycles. The zero-order valence-corrected chi connectivity index (χ0v) is 15.6. The number of amides is 1. The second-order valence-electron chi connectivity index (χ2n) is 4.56. The number of nitrogens with zero attached hydrogens (tertiary/aromatic N) is 3. The Balaban J connectivity index is 1.80. The molecule has 0 fully saturated rings. The summed E-state index contributed by atoms with van der Waals surface area (Å²) >= 11 is 3.51. The third kappa shape index (κ3) is 5.42. The van der Waals surface area contributed by atoms with E-state index in [-0.39, 0.29) is 28.9 Å². The molecule has 0 saturated heterocycles. The summed E-state index contributed by atoms with van der Waals surface area (Å²) in [6.07, 6.45) is 0.169. The summed E-state index contributed by atoms with van der Waals surface area (Å²) in [7, 11) is 0. The van der Waals surface area contributed by atoms with E-state index >= 15 is 0 Å². The van der Waals surface area contributed by atoms with Gasteiger partial charge in [-0.1, -0.05) is 34.4 Å². The molecule has 0 aliphatic rings. The van der Waals surface area contributed by atoms with Gasteiger partial charge in [-0.05, 0) is 13.8 Å². The van der Waals surface area contributed by atoms with Crippen LogP contribution < -0.4 is 10.2 Å². The van der Waals surface area contributed by atoms with Crippen LogP contribution in [-0.2, 0) is 20.9 Å². The Morgan fingerprint density at radius 2 is 2.21 bits per heavy atom. The van der Waals surface area contributed by atoms with Crippen molar-refractivity contribution < 1.29 is 14.3 Å². The van der Waals surface area contributed by atoms with Crippen LogP contribution in [0.3, 0.4) is 0 Å². The Kier molecular flexibility index (Phi) is 6.94. The van der Waals surface area contributed by atoms with Crippen molar-refractivity contribution in [1.82, 2.24) is 14.8 Å². The predicted molar refractivity (Wildman–Crippen MR) is 93.8 cm³/mol. The molecule has 2 heterocycles. The molecular formula is C13H16N4O4S3. The summed E-state index contributed by atoms with van der Waals surface area (Å²) in [5.41, 5.74) is 0.839. The van der Waals surface area contributed by atoms with E-state index in [1.54, 1.807) is 16.9 Å². The third-order valence-corrected chi connectivity index (χ3v) is 5.64. The third-order valence-electron chi connectivity index (χ3n) is 2.81. The number of rotatable bonds is 8. The summed E-state index contributed by atoms with van der Waals surface area (Å²) < 4.78 is 6.95. The van der Waals surface area contributed by atoms with Crippen LogP contribution in [0.4, 0.5) is 5.13 Å². The van der Waals surface area contributed by atoms with E-state index in [1.165, 1.54) is 23.1 Å². The summed E-state index contributed by atoms with van der Waals surface area (Å²) in [5, 5.41) is 12.5. The highest BCUT2D eigenvalue weighted by molar-refractivity contribution is 8.01. The number of nitrogens with one attached hydrogen (secondary N) is 1. The van der Waals surface area contributed by atoms with Gasteiger partial charge in [-0.3, -0.25) is 14.4 Å². The average Bonchev–Trinajstić information content (AvgIpc) is 3.11. The van der Waals surface area contributed by atoms with Gasteiger partial charge in [0.05, 0.1) is 12.4 Å². The van der Waals surface area contributed by atoms with E-state index in [9.17, 15) is 14.4 Å². The molecule has 0 aliphatic heterocycles. The highest BCUT2D eigenvalue weighted by Crippen LogP contribution is 2.25. The van der Waals surface area contributed by atoms with Crippen LogP contribution in [0.2, 0.25) is 0 Å². The van der Waals surface area contributed by atoms with Crippen molar-refractivity contribution >= 4 is 51.4 Å². The SMILES string of the molecule is CCOC(=O)CSc1nnc(NC(=O)CCn2c(C)csc2=O)s1. The lowest BCUT2D eigenvalue weighted by Crippen LogP contribution is -2.20. The molecule has 2 aromatic heterocycles. The van der Waals surface area contributed by atoms with Crippen molar-refractivity contribution in [2.45, 2.75) is 31.2 Å². The number of esters is 1.